The zero-order valence-corrected chi connectivity index (χ0v) is 15.5. The topological polar surface area (TPSA) is 32.3 Å². The van der Waals surface area contributed by atoms with Gasteiger partial charge in [0.05, 0.1) is 0 Å². The Morgan fingerprint density at radius 2 is 1.65 bits per heavy atom. The molecule has 2 atom stereocenters. The normalized spacial score (nSPS) is 25.7. The fourth-order valence-corrected chi connectivity index (χ4v) is 4.62. The first-order chi connectivity index (χ1) is 12.7. The van der Waals surface area contributed by atoms with Crippen LogP contribution in [0.2, 0.25) is 0 Å². The summed E-state index contributed by atoms with van der Waals surface area (Å²) in [5, 5.41) is 3.29. The molecule has 0 spiro atoms. The molecule has 2 bridgehead atoms. The van der Waals surface area contributed by atoms with Gasteiger partial charge in [-0.1, -0.05) is 54.4 Å². The number of nitrogens with one attached hydrogen (secondary N) is 1. The van der Waals surface area contributed by atoms with Crippen molar-refractivity contribution < 1.29 is 4.79 Å². The summed E-state index contributed by atoms with van der Waals surface area (Å²) in [4.78, 5) is 15.2. The summed E-state index contributed by atoms with van der Waals surface area (Å²) in [7, 11) is 0. The van der Waals surface area contributed by atoms with Gasteiger partial charge in [0.2, 0.25) is 0 Å². The first-order valence-electron chi connectivity index (χ1n) is 9.86. The van der Waals surface area contributed by atoms with E-state index in [-0.39, 0.29) is 5.91 Å². The maximum absolute atomic E-state index is 12.5. The largest absolute Gasteiger partial charge is 0.349 e. The van der Waals surface area contributed by atoms with Gasteiger partial charge in [0, 0.05) is 30.2 Å². The zero-order valence-electron chi connectivity index (χ0n) is 15.5. The maximum Gasteiger partial charge on any atom is 0.251 e. The molecule has 0 aliphatic carbocycles. The minimum Gasteiger partial charge on any atom is -0.349 e. The van der Waals surface area contributed by atoms with Gasteiger partial charge in [0.15, 0.2) is 0 Å². The Morgan fingerprint density at radius 1 is 1.00 bits per heavy atom. The zero-order chi connectivity index (χ0) is 17.9. The monoisotopic (exact) mass is 348 g/mol. The lowest BCUT2D eigenvalue weighted by Gasteiger charge is -2.49. The molecule has 26 heavy (non-hydrogen) atoms. The summed E-state index contributed by atoms with van der Waals surface area (Å²) in [6.07, 6.45) is 5.96. The van der Waals surface area contributed by atoms with Gasteiger partial charge in [0.25, 0.3) is 5.91 Å². The van der Waals surface area contributed by atoms with E-state index in [1.807, 2.05) is 30.3 Å². The second kappa shape index (κ2) is 7.63. The van der Waals surface area contributed by atoms with Crippen LogP contribution in [0.4, 0.5) is 0 Å². The van der Waals surface area contributed by atoms with Crippen LogP contribution in [0.5, 0.6) is 0 Å². The lowest BCUT2D eigenvalue weighted by Crippen LogP contribution is -2.56. The Hall–Kier alpha value is -2.13. The van der Waals surface area contributed by atoms with E-state index in [4.69, 9.17) is 0 Å². The van der Waals surface area contributed by atoms with Gasteiger partial charge in [-0.15, -0.1) is 0 Å². The van der Waals surface area contributed by atoms with E-state index in [0.29, 0.717) is 18.1 Å². The van der Waals surface area contributed by atoms with Crippen molar-refractivity contribution in [2.24, 2.45) is 0 Å². The average Bonchev–Trinajstić information content (AvgIpc) is 2.65. The second-order valence-electron chi connectivity index (χ2n) is 7.90. The molecule has 2 aliphatic heterocycles. The van der Waals surface area contributed by atoms with Gasteiger partial charge in [-0.25, -0.2) is 0 Å². The first kappa shape index (κ1) is 17.3. The highest BCUT2D eigenvalue weighted by atomic mass is 16.1. The number of hydrogen-bond donors (Lipinski definition) is 1. The van der Waals surface area contributed by atoms with Crippen LogP contribution in [0.15, 0.2) is 54.6 Å². The van der Waals surface area contributed by atoms with Gasteiger partial charge in [-0.3, -0.25) is 9.69 Å². The van der Waals surface area contributed by atoms with E-state index < -0.39 is 0 Å². The molecule has 0 aromatic heterocycles. The molecular formula is C23H28N2O. The van der Waals surface area contributed by atoms with Crippen molar-refractivity contribution in [3.05, 3.63) is 71.3 Å². The van der Waals surface area contributed by atoms with Crippen LogP contribution >= 0.6 is 0 Å². The highest BCUT2D eigenvalue weighted by Gasteiger charge is 2.38. The Bertz CT molecular complexity index is 727. The van der Waals surface area contributed by atoms with Crippen molar-refractivity contribution in [1.82, 2.24) is 10.2 Å². The Balaban J connectivity index is 1.41. The molecule has 2 fully saturated rings. The highest BCUT2D eigenvalue weighted by molar-refractivity contribution is 5.94. The first-order valence-corrected chi connectivity index (χ1v) is 9.86. The molecule has 1 amide bonds. The summed E-state index contributed by atoms with van der Waals surface area (Å²) in [6.45, 7) is 3.17. The summed E-state index contributed by atoms with van der Waals surface area (Å²) in [6, 6.07) is 20.0. The lowest BCUT2D eigenvalue weighted by molar-refractivity contribution is 0.0177. The number of piperidine rings is 2. The summed E-state index contributed by atoms with van der Waals surface area (Å²) >= 11 is 0. The van der Waals surface area contributed by atoms with E-state index in [2.05, 4.69) is 41.4 Å². The van der Waals surface area contributed by atoms with E-state index >= 15 is 0 Å². The molecule has 2 heterocycles. The molecule has 2 aliphatic rings. The number of aryl methyl sites for hydroxylation is 1. The number of carbonyl (C=O) groups excluding carboxylic acids is 1. The quantitative estimate of drug-likeness (QED) is 0.893. The van der Waals surface area contributed by atoms with E-state index in [1.54, 1.807) is 0 Å². The predicted molar refractivity (Wildman–Crippen MR) is 105 cm³/mol. The Labute approximate surface area is 156 Å². The molecule has 3 heteroatoms. The number of nitrogens with zero attached hydrogens (tertiary/aromatic N) is 1. The maximum atomic E-state index is 12.5. The van der Waals surface area contributed by atoms with Gasteiger partial charge in [-0.2, -0.15) is 0 Å². The third-order valence-corrected chi connectivity index (χ3v) is 5.98. The van der Waals surface area contributed by atoms with Gasteiger partial charge >= 0.3 is 0 Å². The van der Waals surface area contributed by atoms with Gasteiger partial charge in [0.1, 0.15) is 0 Å². The van der Waals surface area contributed by atoms with Crippen molar-refractivity contribution in [1.29, 1.82) is 0 Å². The molecule has 3 nitrogen and oxygen atoms in total. The Morgan fingerprint density at radius 3 is 2.31 bits per heavy atom. The smallest absolute Gasteiger partial charge is 0.251 e. The third kappa shape index (κ3) is 3.83. The summed E-state index contributed by atoms with van der Waals surface area (Å²) < 4.78 is 0. The molecule has 0 radical (unpaired) electrons. The highest BCUT2D eigenvalue weighted by Crippen LogP contribution is 2.35. The third-order valence-electron chi connectivity index (χ3n) is 5.98. The molecule has 4 rings (SSSR count). The molecule has 136 valence electrons. The average molecular weight is 348 g/mol. The lowest BCUT2D eigenvalue weighted by atomic mass is 9.81. The number of fused-ring (bicyclic) bond motifs is 2. The molecule has 1 N–H and O–H groups in total. The molecule has 2 aromatic carbocycles. The Kier molecular flexibility index (Phi) is 5.07. The predicted octanol–water partition coefficient (Wildman–Crippen LogP) is 4.31. The standard InChI is InChI=1S/C23H28N2O/c1-17-10-12-18(13-11-17)16-25-21-8-5-9-22(25)15-20(14-21)24-23(26)19-6-3-2-4-7-19/h2-4,6-7,10-13,20-22H,5,8-9,14-16H2,1H3,(H,24,26)/t21-,22-/m0/s1. The van der Waals surface area contributed by atoms with E-state index in [9.17, 15) is 4.79 Å². The number of amides is 1. The second-order valence-corrected chi connectivity index (χ2v) is 7.90. The van der Waals surface area contributed by atoms with Crippen LogP contribution in [0, 0.1) is 6.92 Å². The molecule has 2 aromatic rings. The van der Waals surface area contributed by atoms with Crippen LogP contribution in [0.25, 0.3) is 0 Å². The number of rotatable bonds is 4. The fourth-order valence-electron chi connectivity index (χ4n) is 4.62. The van der Waals surface area contributed by atoms with Crippen LogP contribution < -0.4 is 5.32 Å². The summed E-state index contributed by atoms with van der Waals surface area (Å²) in [5.74, 6) is 0.0701. The van der Waals surface area contributed by atoms with Crippen molar-refractivity contribution in [2.75, 3.05) is 0 Å². The number of carbonyl (C=O) groups is 1. The SMILES string of the molecule is Cc1ccc(CN2[C@H]3CCC[C@H]2CC(NC(=O)c2ccccc2)C3)cc1. The van der Waals surface area contributed by atoms with Crippen LogP contribution in [0.3, 0.4) is 0 Å². The molecule has 0 unspecified atom stereocenters. The van der Waals surface area contributed by atoms with Crippen LogP contribution in [0.1, 0.15) is 53.6 Å². The minimum absolute atomic E-state index is 0.0701. The van der Waals surface area contributed by atoms with Crippen molar-refractivity contribution >= 4 is 5.91 Å². The summed E-state index contributed by atoms with van der Waals surface area (Å²) in [5.41, 5.74) is 3.48. The van der Waals surface area contributed by atoms with E-state index in [0.717, 1.165) is 24.9 Å². The number of benzene rings is 2. The minimum atomic E-state index is 0.0701. The van der Waals surface area contributed by atoms with Crippen LogP contribution in [-0.2, 0) is 6.54 Å². The van der Waals surface area contributed by atoms with Crippen molar-refractivity contribution in [3.8, 4) is 0 Å². The van der Waals surface area contributed by atoms with Gasteiger partial charge < -0.3 is 5.32 Å². The van der Waals surface area contributed by atoms with Gasteiger partial charge in [-0.05, 0) is 50.3 Å². The van der Waals surface area contributed by atoms with Crippen molar-refractivity contribution in [3.63, 3.8) is 0 Å². The van der Waals surface area contributed by atoms with Crippen LogP contribution in [-0.4, -0.2) is 28.9 Å². The molecular weight excluding hydrogens is 320 g/mol. The van der Waals surface area contributed by atoms with E-state index in [1.165, 1.54) is 30.4 Å². The van der Waals surface area contributed by atoms with Crippen molar-refractivity contribution in [2.45, 2.75) is 63.7 Å². The number of hydrogen-bond acceptors (Lipinski definition) is 2. The molecule has 2 saturated heterocycles. The molecule has 0 saturated carbocycles. The fraction of sp³-hybridized carbons (Fsp3) is 0.435.